The minimum atomic E-state index is -0.505. The molecule has 8 heteroatoms. The van der Waals surface area contributed by atoms with Crippen LogP contribution in [0.4, 0.5) is 0 Å². The molecule has 29 heavy (non-hydrogen) atoms. The second kappa shape index (κ2) is 7.12. The summed E-state index contributed by atoms with van der Waals surface area (Å²) in [5.41, 5.74) is 3.42. The Morgan fingerprint density at radius 1 is 1.17 bits per heavy atom. The summed E-state index contributed by atoms with van der Waals surface area (Å²) in [5, 5.41) is 4.98. The van der Waals surface area contributed by atoms with Crippen molar-refractivity contribution in [1.82, 2.24) is 24.1 Å². The average molecular weight is 391 g/mol. The lowest BCUT2D eigenvalue weighted by Gasteiger charge is -2.09. The lowest BCUT2D eigenvalue weighted by Crippen LogP contribution is -2.17. The summed E-state index contributed by atoms with van der Waals surface area (Å²) in [7, 11) is 0. The van der Waals surface area contributed by atoms with Gasteiger partial charge in [0.25, 0.3) is 5.56 Å². The second-order valence-electron chi connectivity index (χ2n) is 7.33. The molecule has 0 saturated carbocycles. The molecule has 0 amide bonds. The summed E-state index contributed by atoms with van der Waals surface area (Å²) in [5.74, 6) is -0.505. The number of nitrogens with zero attached hydrogens (tertiary/aromatic N) is 5. The molecule has 8 nitrogen and oxygen atoms in total. The fourth-order valence-corrected chi connectivity index (χ4v) is 3.23. The van der Waals surface area contributed by atoms with Crippen LogP contribution in [0, 0.1) is 13.8 Å². The highest BCUT2D eigenvalue weighted by molar-refractivity contribution is 6.02. The monoisotopic (exact) mass is 391 g/mol. The van der Waals surface area contributed by atoms with Gasteiger partial charge in [-0.3, -0.25) is 9.20 Å². The van der Waals surface area contributed by atoms with Crippen molar-refractivity contribution in [3.8, 4) is 0 Å². The van der Waals surface area contributed by atoms with Gasteiger partial charge in [-0.15, -0.1) is 0 Å². The first kappa shape index (κ1) is 18.8. The van der Waals surface area contributed by atoms with Gasteiger partial charge in [0.2, 0.25) is 0 Å². The van der Waals surface area contributed by atoms with Crippen molar-refractivity contribution < 1.29 is 9.53 Å². The van der Waals surface area contributed by atoms with Crippen LogP contribution >= 0.6 is 0 Å². The molecule has 0 spiro atoms. The Morgan fingerprint density at radius 2 is 1.97 bits per heavy atom. The molecule has 0 aliphatic heterocycles. The topological polar surface area (TPSA) is 91.4 Å². The highest BCUT2D eigenvalue weighted by atomic mass is 16.5. The molecule has 0 bridgehead atoms. The zero-order valence-electron chi connectivity index (χ0n) is 16.7. The molecule has 0 atom stereocenters. The van der Waals surface area contributed by atoms with Crippen LogP contribution < -0.4 is 5.56 Å². The number of rotatable bonds is 4. The minimum absolute atomic E-state index is 0.0975. The molecular weight excluding hydrogens is 370 g/mol. The van der Waals surface area contributed by atoms with Crippen molar-refractivity contribution in [2.75, 3.05) is 0 Å². The maximum absolute atomic E-state index is 12.8. The fraction of sp³-hybridized carbons (Fsp3) is 0.286. The van der Waals surface area contributed by atoms with Gasteiger partial charge >= 0.3 is 5.97 Å². The lowest BCUT2D eigenvalue weighted by atomic mass is 10.1. The zero-order valence-corrected chi connectivity index (χ0v) is 16.7. The number of pyridine rings is 2. The van der Waals surface area contributed by atoms with E-state index in [1.165, 1.54) is 10.5 Å². The van der Waals surface area contributed by atoms with Gasteiger partial charge in [0, 0.05) is 24.0 Å². The molecule has 0 unspecified atom stereocenters. The molecule has 4 aromatic heterocycles. The predicted molar refractivity (Wildman–Crippen MR) is 108 cm³/mol. The van der Waals surface area contributed by atoms with E-state index in [1.54, 1.807) is 23.1 Å². The van der Waals surface area contributed by atoms with Crippen molar-refractivity contribution in [2.45, 2.75) is 40.3 Å². The van der Waals surface area contributed by atoms with E-state index < -0.39 is 5.97 Å². The quantitative estimate of drug-likeness (QED) is 0.497. The standard InChI is InChI=1S/C21H21N5O3/c1-12(2)26-20-17(10-22-26)16(8-14(4)23-20)21(28)29-11-15-9-19(27)25-6-5-13(3)7-18(25)24-15/h5-10,12H,11H2,1-4H3. The van der Waals surface area contributed by atoms with Crippen molar-refractivity contribution in [3.63, 3.8) is 0 Å². The van der Waals surface area contributed by atoms with Crippen molar-refractivity contribution >= 4 is 22.6 Å². The van der Waals surface area contributed by atoms with Crippen LogP contribution in [-0.4, -0.2) is 30.1 Å². The van der Waals surface area contributed by atoms with Crippen molar-refractivity contribution in [2.24, 2.45) is 0 Å². The molecule has 0 fully saturated rings. The summed E-state index contributed by atoms with van der Waals surface area (Å²) in [6.45, 7) is 7.65. The lowest BCUT2D eigenvalue weighted by molar-refractivity contribution is 0.0470. The number of aromatic nitrogens is 5. The number of carbonyl (C=O) groups is 1. The number of hydrogen-bond acceptors (Lipinski definition) is 6. The van der Waals surface area contributed by atoms with Gasteiger partial charge in [-0.05, 0) is 51.5 Å². The van der Waals surface area contributed by atoms with E-state index in [1.807, 2.05) is 39.8 Å². The number of fused-ring (bicyclic) bond motifs is 2. The maximum atomic E-state index is 12.8. The first-order chi connectivity index (χ1) is 13.8. The molecule has 4 aromatic rings. The largest absolute Gasteiger partial charge is 0.456 e. The molecule has 4 rings (SSSR count). The predicted octanol–water partition coefficient (Wildman–Crippen LogP) is 2.99. The Balaban J connectivity index is 1.64. The number of aryl methyl sites for hydroxylation is 2. The highest BCUT2D eigenvalue weighted by Gasteiger charge is 2.18. The first-order valence-corrected chi connectivity index (χ1v) is 9.34. The molecule has 0 aromatic carbocycles. The summed E-state index contributed by atoms with van der Waals surface area (Å²) in [6.07, 6.45) is 3.31. The Labute approximate surface area is 166 Å². The smallest absolute Gasteiger partial charge is 0.339 e. The van der Waals surface area contributed by atoms with E-state index in [0.29, 0.717) is 33.6 Å². The van der Waals surface area contributed by atoms with E-state index in [2.05, 4.69) is 15.1 Å². The third-order valence-corrected chi connectivity index (χ3v) is 4.63. The molecule has 0 aliphatic carbocycles. The Kier molecular flexibility index (Phi) is 4.62. The van der Waals surface area contributed by atoms with Gasteiger partial charge in [-0.2, -0.15) is 5.10 Å². The van der Waals surface area contributed by atoms with Crippen LogP contribution in [0.1, 0.15) is 47.2 Å². The van der Waals surface area contributed by atoms with Crippen LogP contribution in [0.5, 0.6) is 0 Å². The number of hydrogen-bond donors (Lipinski definition) is 0. The Morgan fingerprint density at radius 3 is 2.72 bits per heavy atom. The fourth-order valence-electron chi connectivity index (χ4n) is 3.23. The minimum Gasteiger partial charge on any atom is -0.456 e. The zero-order chi connectivity index (χ0) is 20.7. The number of esters is 1. The van der Waals surface area contributed by atoms with E-state index in [4.69, 9.17) is 4.74 Å². The van der Waals surface area contributed by atoms with Crippen LogP contribution in [0.3, 0.4) is 0 Å². The van der Waals surface area contributed by atoms with E-state index in [0.717, 1.165) is 5.56 Å². The van der Waals surface area contributed by atoms with Crippen molar-refractivity contribution in [1.29, 1.82) is 0 Å². The van der Waals surface area contributed by atoms with E-state index >= 15 is 0 Å². The van der Waals surface area contributed by atoms with Crippen LogP contribution in [-0.2, 0) is 11.3 Å². The van der Waals surface area contributed by atoms with Gasteiger partial charge in [-0.25, -0.2) is 19.4 Å². The van der Waals surface area contributed by atoms with Crippen LogP contribution in [0.25, 0.3) is 16.7 Å². The van der Waals surface area contributed by atoms with Gasteiger partial charge in [0.05, 0.1) is 22.8 Å². The van der Waals surface area contributed by atoms with Gasteiger partial charge < -0.3 is 4.74 Å². The average Bonchev–Trinajstić information content (AvgIpc) is 3.09. The molecule has 0 N–H and O–H groups in total. The molecule has 148 valence electrons. The van der Waals surface area contributed by atoms with Crippen molar-refractivity contribution in [3.05, 3.63) is 69.5 Å². The summed E-state index contributed by atoms with van der Waals surface area (Å²) in [6, 6.07) is 6.82. The normalized spacial score (nSPS) is 11.5. The Hall–Kier alpha value is -3.55. The van der Waals surface area contributed by atoms with Crippen LogP contribution in [0.15, 0.2) is 41.5 Å². The third kappa shape index (κ3) is 3.49. The Bertz CT molecular complexity index is 1300. The SMILES string of the molecule is Cc1ccn2c(=O)cc(COC(=O)c3cc(C)nc4c3cnn4C(C)C)nc2c1. The van der Waals surface area contributed by atoms with E-state index in [-0.39, 0.29) is 18.2 Å². The summed E-state index contributed by atoms with van der Waals surface area (Å²) in [4.78, 5) is 34.0. The maximum Gasteiger partial charge on any atom is 0.339 e. The molecule has 4 heterocycles. The van der Waals surface area contributed by atoms with E-state index in [9.17, 15) is 9.59 Å². The first-order valence-electron chi connectivity index (χ1n) is 9.34. The molecule has 0 aliphatic rings. The number of carbonyl (C=O) groups excluding carboxylic acids is 1. The molecular formula is C21H21N5O3. The third-order valence-electron chi connectivity index (χ3n) is 4.63. The molecule has 0 radical (unpaired) electrons. The molecule has 0 saturated heterocycles. The van der Waals surface area contributed by atoms with Crippen LogP contribution in [0.2, 0.25) is 0 Å². The highest BCUT2D eigenvalue weighted by Crippen LogP contribution is 2.22. The van der Waals surface area contributed by atoms with Gasteiger partial charge in [0.15, 0.2) is 5.65 Å². The summed E-state index contributed by atoms with van der Waals surface area (Å²) >= 11 is 0. The van der Waals surface area contributed by atoms with Gasteiger partial charge in [-0.1, -0.05) is 0 Å². The summed E-state index contributed by atoms with van der Waals surface area (Å²) < 4.78 is 8.69. The number of ether oxygens (including phenoxy) is 1. The van der Waals surface area contributed by atoms with Gasteiger partial charge in [0.1, 0.15) is 12.3 Å². The second-order valence-corrected chi connectivity index (χ2v) is 7.33.